The average molecular weight is 1450 g/mol. The third kappa shape index (κ3) is 18.9. The maximum Gasteiger partial charge on any atom is 0.325 e. The number of nitrogens with one attached hydrogen (secondary N) is 2. The van der Waals surface area contributed by atoms with Crippen LogP contribution in [0, 0.1) is 0 Å². The van der Waals surface area contributed by atoms with Gasteiger partial charge in [0.15, 0.2) is 12.6 Å². The highest BCUT2D eigenvalue weighted by Crippen LogP contribution is 2.39. The Balaban J connectivity index is 0.000000216. The molecule has 0 aliphatic carbocycles. The minimum absolute atomic E-state index is 0. The van der Waals surface area contributed by atoms with Crippen LogP contribution in [0.25, 0.3) is 0 Å². The molecule has 27 heteroatoms. The molecule has 13 rings (SSSR count). The van der Waals surface area contributed by atoms with E-state index in [-0.39, 0.29) is 158 Å². The van der Waals surface area contributed by atoms with E-state index in [2.05, 4.69) is 32.4 Å². The van der Waals surface area contributed by atoms with Gasteiger partial charge in [-0.15, -0.1) is 0 Å². The molecule has 3 aromatic carbocycles. The zero-order valence-corrected chi connectivity index (χ0v) is 59.9. The summed E-state index contributed by atoms with van der Waals surface area (Å²) in [7, 11) is 17.2. The number of benzene rings is 3. The number of likely N-dealkylation sites (tertiary alicyclic amines) is 2. The Bertz CT molecular complexity index is 3360. The van der Waals surface area contributed by atoms with Crippen molar-refractivity contribution < 1.29 is 76.3 Å². The zero-order chi connectivity index (χ0) is 71.5. The Morgan fingerprint density at radius 1 is 0.510 bits per heavy atom. The molecule has 3 aromatic rings. The molecule has 2 N–H and O–H groups in total. The van der Waals surface area contributed by atoms with Crippen molar-refractivity contribution in [3.05, 3.63) is 101 Å². The van der Waals surface area contributed by atoms with Crippen LogP contribution >= 0.6 is 0 Å². The van der Waals surface area contributed by atoms with E-state index in [1.54, 1.807) is 62.1 Å². The van der Waals surface area contributed by atoms with Gasteiger partial charge in [-0.25, -0.2) is 0 Å². The van der Waals surface area contributed by atoms with E-state index in [1.165, 1.54) is 14.2 Å². The van der Waals surface area contributed by atoms with E-state index in [4.69, 9.17) is 37.9 Å². The molecule has 9 saturated heterocycles. The van der Waals surface area contributed by atoms with Gasteiger partial charge in [-0.2, -0.15) is 0 Å². The highest BCUT2D eigenvalue weighted by atomic mass is 16.7. The van der Waals surface area contributed by atoms with Gasteiger partial charge in [-0.05, 0) is 158 Å². The summed E-state index contributed by atoms with van der Waals surface area (Å²) in [5.74, 6) is 1.88. The molecular weight excluding hydrogens is 1330 g/mol. The summed E-state index contributed by atoms with van der Waals surface area (Å²) in [5.41, 5.74) is 4.05. The second-order valence-corrected chi connectivity index (χ2v) is 27.3. The number of nitrogens with zero attached hydrogens (tertiary/aromatic N) is 9. The monoisotopic (exact) mass is 1450 g/mol. The smallest absolute Gasteiger partial charge is 0.325 e. The first-order chi connectivity index (χ1) is 48.3. The minimum Gasteiger partial charge on any atom is -0.497 e. The molecule has 10 aliphatic rings. The van der Waals surface area contributed by atoms with Crippen molar-refractivity contribution in [2.24, 2.45) is 0 Å². The number of methoxy groups -OCH3 is 7. The fourth-order valence-corrected chi connectivity index (χ4v) is 16.4. The molecule has 11 atom stereocenters. The number of esters is 1. The van der Waals surface area contributed by atoms with E-state index in [9.17, 15) is 38.4 Å². The van der Waals surface area contributed by atoms with E-state index in [0.717, 1.165) is 117 Å². The van der Waals surface area contributed by atoms with Gasteiger partial charge in [0, 0.05) is 72.4 Å². The van der Waals surface area contributed by atoms with E-state index >= 15 is 0 Å². The van der Waals surface area contributed by atoms with Crippen LogP contribution in [0.5, 0.6) is 17.2 Å². The number of hydrogen-bond donors (Lipinski definition) is 2. The van der Waals surface area contributed by atoms with Crippen LogP contribution < -0.4 is 24.8 Å². The summed E-state index contributed by atoms with van der Waals surface area (Å²) in [6.07, 6.45) is 12.3. The number of carbonyl (C=O) groups is 8. The van der Waals surface area contributed by atoms with E-state index < -0.39 is 18.5 Å². The molecular formula is C77H119N11O16. The lowest BCUT2D eigenvalue weighted by atomic mass is 9.84. The summed E-state index contributed by atoms with van der Waals surface area (Å²) in [5, 5.41) is 6.24. The standard InChI is InChI=1S/C21H31N3O5.C19H25N3O3.C19H23N3O3.C14H24N2O5.4CH4/c1-23-16-6-5-7-17(23)20(26)24(19(16)21(28-3)29-4)13-18(25)22-12-14-8-10-15(27-2)11-9-14;2*1-20-15-4-3-5-16(20)19(24)22-12-18(23)21(11-17(15)22)10-13-6-8-14(25-2)9-7-13;1-4-21-11(17)8-16-12(14(19-2)20-3)9-6-5-7-10(15-9)13(16)18;;;;/h8-11,16-17,19,21H,5-7,12-13H2,1-4H3,(H,22,25);6-9,15-17H,3-5,10-12H2,1-2H3;6-9,11,15-16H,3-5,10,12H2,1-2H3;9-10,12,14-15H,4-8H2,1-3H3;4*1H4/t;15?,16?,17-;;;;;;/m.1....../s1. The Morgan fingerprint density at radius 3 is 1.57 bits per heavy atom. The van der Waals surface area contributed by atoms with Crippen molar-refractivity contribution in [3.63, 3.8) is 0 Å². The van der Waals surface area contributed by atoms with Gasteiger partial charge < -0.3 is 77.9 Å². The maximum atomic E-state index is 13.2. The Kier molecular flexibility index (Phi) is 32.0. The third-order valence-corrected chi connectivity index (χ3v) is 21.7. The fourth-order valence-electron chi connectivity index (χ4n) is 16.4. The average Bonchev–Trinajstić information content (AvgIpc) is 0.763. The summed E-state index contributed by atoms with van der Waals surface area (Å²) >= 11 is 0. The molecule has 9 fully saturated rings. The van der Waals surface area contributed by atoms with Crippen LogP contribution in [0.2, 0.25) is 0 Å². The number of rotatable bonds is 20. The molecule has 7 amide bonds. The van der Waals surface area contributed by atoms with Crippen LogP contribution in [-0.4, -0.2) is 281 Å². The molecule has 578 valence electrons. The number of fused-ring (bicyclic) bond motifs is 12. The molecule has 0 saturated carbocycles. The predicted molar refractivity (Wildman–Crippen MR) is 394 cm³/mol. The van der Waals surface area contributed by atoms with E-state index in [0.29, 0.717) is 38.8 Å². The van der Waals surface area contributed by atoms with Crippen molar-refractivity contribution in [1.29, 1.82) is 0 Å². The Morgan fingerprint density at radius 2 is 1.00 bits per heavy atom. The van der Waals surface area contributed by atoms with E-state index in [1.807, 2.05) is 103 Å². The fraction of sp³-hybridized carbons (Fsp3) is 0.636. The van der Waals surface area contributed by atoms with Crippen LogP contribution in [0.4, 0.5) is 0 Å². The number of hydrogen-bond acceptors (Lipinski definition) is 20. The summed E-state index contributed by atoms with van der Waals surface area (Å²) in [6.45, 7) is 4.46. The van der Waals surface area contributed by atoms with Gasteiger partial charge >= 0.3 is 5.97 Å². The third-order valence-electron chi connectivity index (χ3n) is 21.7. The Labute approximate surface area is 617 Å². The molecule has 10 aliphatic heterocycles. The molecule has 0 aromatic heterocycles. The highest BCUT2D eigenvalue weighted by Gasteiger charge is 2.54. The largest absolute Gasteiger partial charge is 0.497 e. The number of likely N-dealkylation sites (N-methyl/N-ethyl adjacent to an activating group) is 3. The highest BCUT2D eigenvalue weighted by molar-refractivity contribution is 5.93. The Hall–Kier alpha value is -7.76. The van der Waals surface area contributed by atoms with Gasteiger partial charge in [0.2, 0.25) is 41.4 Å². The summed E-state index contributed by atoms with van der Waals surface area (Å²) in [6, 6.07) is 22.8. The predicted octanol–water partition coefficient (Wildman–Crippen LogP) is 6.10. The quantitative estimate of drug-likeness (QED) is 0.0955. The molecule has 8 bridgehead atoms. The van der Waals surface area contributed by atoms with Gasteiger partial charge in [-0.1, -0.05) is 66.1 Å². The second kappa shape index (κ2) is 39.0. The van der Waals surface area contributed by atoms with Crippen LogP contribution in [0.15, 0.2) is 84.7 Å². The van der Waals surface area contributed by atoms with Gasteiger partial charge in [0.25, 0.3) is 0 Å². The van der Waals surface area contributed by atoms with Crippen molar-refractivity contribution in [3.8, 4) is 17.2 Å². The first kappa shape index (κ1) is 85.2. The normalized spacial score (nSPS) is 26.2. The first-order valence-corrected chi connectivity index (χ1v) is 35.1. The van der Waals surface area contributed by atoms with Crippen molar-refractivity contribution in [1.82, 2.24) is 54.7 Å². The molecule has 10 unspecified atom stereocenters. The van der Waals surface area contributed by atoms with Crippen LogP contribution in [-0.2, 0) is 81.7 Å². The maximum absolute atomic E-state index is 13.2. The molecule has 104 heavy (non-hydrogen) atoms. The summed E-state index contributed by atoms with van der Waals surface area (Å²) < 4.78 is 42.2. The number of carbonyl (C=O) groups excluding carboxylic acids is 8. The van der Waals surface area contributed by atoms with Crippen LogP contribution in [0.3, 0.4) is 0 Å². The lowest BCUT2D eigenvalue weighted by Crippen LogP contribution is -2.72. The molecule has 0 spiro atoms. The lowest BCUT2D eigenvalue weighted by Gasteiger charge is -2.55. The summed E-state index contributed by atoms with van der Waals surface area (Å²) in [4.78, 5) is 118. The molecule has 10 heterocycles. The molecule has 27 nitrogen and oxygen atoms in total. The zero-order valence-electron chi connectivity index (χ0n) is 59.9. The molecule has 0 radical (unpaired) electrons. The lowest BCUT2D eigenvalue weighted by molar-refractivity contribution is -0.195. The van der Waals surface area contributed by atoms with Crippen molar-refractivity contribution >= 4 is 47.3 Å². The number of piperidine rings is 4. The van der Waals surface area contributed by atoms with Gasteiger partial charge in [0.1, 0.15) is 43.4 Å². The SMILES string of the molecule is C.C.C.C.CCOC(=O)CN1C(=O)C2CCCC(N2)C1C(OC)OC.COc1ccc(CN2C=C3C4CCCC(C(=O)N3CC2=O)N4C)cc1.COc1ccc(CN2C[C@@H]3C4CCCC(C(=O)N3CC2=O)N4C)cc1.COc1ccc(CNC(=O)CN2C(=O)C3CCCC(C2C(OC)OC)N3C)cc1. The van der Waals surface area contributed by atoms with Crippen molar-refractivity contribution in [2.75, 3.05) is 110 Å². The minimum atomic E-state index is -0.583. The van der Waals surface area contributed by atoms with Gasteiger partial charge in [-0.3, -0.25) is 53.1 Å². The number of ether oxygens (including phenoxy) is 8. The van der Waals surface area contributed by atoms with Crippen molar-refractivity contribution in [2.45, 2.75) is 212 Å². The first-order valence-electron chi connectivity index (χ1n) is 35.1. The second-order valence-electron chi connectivity index (χ2n) is 27.3. The topological polar surface area (TPSA) is 264 Å². The van der Waals surface area contributed by atoms with Crippen LogP contribution in [0.1, 0.15) is 130 Å². The number of piperazine rings is 5. The van der Waals surface area contributed by atoms with Gasteiger partial charge in [0.05, 0.1) is 88.5 Å². The number of amides is 7.